The molecule has 0 saturated heterocycles. The molecule has 2 heteroatoms. The summed E-state index contributed by atoms with van der Waals surface area (Å²) in [6.45, 7) is 6.42. The lowest BCUT2D eigenvalue weighted by Gasteiger charge is -2.14. The van der Waals surface area contributed by atoms with Gasteiger partial charge >= 0.3 is 5.97 Å². The van der Waals surface area contributed by atoms with Gasteiger partial charge in [-0.25, -0.2) is 0 Å². The van der Waals surface area contributed by atoms with E-state index in [0.29, 0.717) is 6.61 Å². The Kier molecular flexibility index (Phi) is 5.03. The van der Waals surface area contributed by atoms with Crippen LogP contribution in [0.25, 0.3) is 0 Å². The van der Waals surface area contributed by atoms with Gasteiger partial charge in [0.15, 0.2) is 0 Å². The Bertz CT molecular complexity index is 327. The summed E-state index contributed by atoms with van der Waals surface area (Å²) < 4.78 is 5.07. The lowest BCUT2D eigenvalue weighted by Crippen LogP contribution is -2.15. The Morgan fingerprint density at radius 3 is 2.25 bits per heavy atom. The van der Waals surface area contributed by atoms with E-state index in [9.17, 15) is 4.79 Å². The fourth-order valence-corrected chi connectivity index (χ4v) is 1.77. The number of esters is 1. The zero-order chi connectivity index (χ0) is 12.0. The average molecular weight is 220 g/mol. The minimum Gasteiger partial charge on any atom is -0.466 e. The Hall–Kier alpha value is -1.31. The molecule has 0 bridgehead atoms. The summed E-state index contributed by atoms with van der Waals surface area (Å²) in [5.74, 6) is -0.236. The fraction of sp³-hybridized carbons (Fsp3) is 0.500. The highest BCUT2D eigenvalue weighted by atomic mass is 16.5. The average Bonchev–Trinajstić information content (AvgIpc) is 2.31. The lowest BCUT2D eigenvalue weighted by atomic mass is 9.95. The van der Waals surface area contributed by atoms with E-state index >= 15 is 0 Å². The van der Waals surface area contributed by atoms with E-state index in [1.807, 2.05) is 26.0 Å². The molecular formula is C14H20O2. The van der Waals surface area contributed by atoms with E-state index in [1.165, 1.54) is 5.56 Å². The molecule has 0 aliphatic heterocycles. The molecule has 0 heterocycles. The molecule has 0 fully saturated rings. The summed E-state index contributed by atoms with van der Waals surface area (Å²) in [6.07, 6.45) is 1.81. The van der Waals surface area contributed by atoms with Gasteiger partial charge in [0.1, 0.15) is 0 Å². The fourth-order valence-electron chi connectivity index (χ4n) is 1.77. The molecule has 0 aliphatic carbocycles. The van der Waals surface area contributed by atoms with Crippen molar-refractivity contribution in [3.8, 4) is 0 Å². The summed E-state index contributed by atoms with van der Waals surface area (Å²) in [5, 5.41) is 0. The zero-order valence-electron chi connectivity index (χ0n) is 10.3. The second kappa shape index (κ2) is 6.31. The molecule has 1 rings (SSSR count). The van der Waals surface area contributed by atoms with E-state index in [-0.39, 0.29) is 11.9 Å². The van der Waals surface area contributed by atoms with Crippen molar-refractivity contribution in [1.29, 1.82) is 0 Å². The maximum absolute atomic E-state index is 11.7. The molecule has 0 spiro atoms. The number of carbonyl (C=O) groups excluding carboxylic acids is 1. The molecule has 1 unspecified atom stereocenters. The Balaban J connectivity index is 2.82. The van der Waals surface area contributed by atoms with Crippen molar-refractivity contribution in [3.05, 3.63) is 35.4 Å². The summed E-state index contributed by atoms with van der Waals surface area (Å²) in [4.78, 5) is 11.7. The third-order valence-electron chi connectivity index (χ3n) is 2.77. The van der Waals surface area contributed by atoms with Crippen LogP contribution in [0.2, 0.25) is 0 Å². The number of benzene rings is 1. The Morgan fingerprint density at radius 1 is 1.19 bits per heavy atom. The largest absolute Gasteiger partial charge is 0.466 e. The van der Waals surface area contributed by atoms with E-state index in [2.05, 4.69) is 19.1 Å². The van der Waals surface area contributed by atoms with Gasteiger partial charge in [0.2, 0.25) is 0 Å². The maximum atomic E-state index is 11.7. The maximum Gasteiger partial charge on any atom is 0.313 e. The zero-order valence-corrected chi connectivity index (χ0v) is 10.3. The van der Waals surface area contributed by atoms with E-state index in [0.717, 1.165) is 18.4 Å². The monoisotopic (exact) mass is 220 g/mol. The molecular weight excluding hydrogens is 200 g/mol. The minimum atomic E-state index is -0.120. The number of rotatable bonds is 5. The predicted octanol–water partition coefficient (Wildman–Crippen LogP) is 3.31. The van der Waals surface area contributed by atoms with Crippen molar-refractivity contribution in [2.45, 2.75) is 39.5 Å². The molecule has 88 valence electrons. The van der Waals surface area contributed by atoms with Gasteiger partial charge in [-0.15, -0.1) is 0 Å². The number of ether oxygens (including phenoxy) is 1. The lowest BCUT2D eigenvalue weighted by molar-refractivity contribution is -0.145. The van der Waals surface area contributed by atoms with Crippen LogP contribution < -0.4 is 0 Å². The molecule has 1 aromatic carbocycles. The number of hydrogen-bond acceptors (Lipinski definition) is 2. The first-order valence-corrected chi connectivity index (χ1v) is 5.98. The van der Waals surface area contributed by atoms with Crippen molar-refractivity contribution in [2.24, 2.45) is 0 Å². The van der Waals surface area contributed by atoms with Crippen LogP contribution in [0.3, 0.4) is 0 Å². The van der Waals surface area contributed by atoms with Crippen LogP contribution in [0.4, 0.5) is 0 Å². The number of carbonyl (C=O) groups is 1. The molecule has 2 nitrogen and oxygen atoms in total. The van der Waals surface area contributed by atoms with Gasteiger partial charge in [0.05, 0.1) is 12.5 Å². The van der Waals surface area contributed by atoms with Gasteiger partial charge in [-0.2, -0.15) is 0 Å². The molecule has 1 aromatic rings. The Morgan fingerprint density at radius 2 is 1.81 bits per heavy atom. The van der Waals surface area contributed by atoms with Gasteiger partial charge in [-0.05, 0) is 30.9 Å². The highest BCUT2D eigenvalue weighted by Gasteiger charge is 2.19. The number of aryl methyl sites for hydroxylation is 1. The predicted molar refractivity (Wildman–Crippen MR) is 65.5 cm³/mol. The highest BCUT2D eigenvalue weighted by Crippen LogP contribution is 2.21. The summed E-state index contributed by atoms with van der Waals surface area (Å²) in [7, 11) is 0. The van der Waals surface area contributed by atoms with Gasteiger partial charge in [-0.1, -0.05) is 38.1 Å². The van der Waals surface area contributed by atoms with Gasteiger partial charge in [0, 0.05) is 0 Å². The molecule has 0 aromatic heterocycles. The van der Waals surface area contributed by atoms with Crippen LogP contribution in [0.1, 0.15) is 44.2 Å². The topological polar surface area (TPSA) is 26.3 Å². The van der Waals surface area contributed by atoms with Crippen molar-refractivity contribution < 1.29 is 9.53 Å². The van der Waals surface area contributed by atoms with Crippen molar-refractivity contribution in [2.75, 3.05) is 6.61 Å². The number of hydrogen-bond donors (Lipinski definition) is 0. The smallest absolute Gasteiger partial charge is 0.313 e. The quantitative estimate of drug-likeness (QED) is 0.712. The minimum absolute atomic E-state index is 0.116. The molecule has 0 saturated carbocycles. The second-order valence-electron chi connectivity index (χ2n) is 3.81. The van der Waals surface area contributed by atoms with Crippen LogP contribution in [-0.4, -0.2) is 12.6 Å². The van der Waals surface area contributed by atoms with Crippen LogP contribution in [0.5, 0.6) is 0 Å². The third-order valence-corrected chi connectivity index (χ3v) is 2.77. The van der Waals surface area contributed by atoms with E-state index in [4.69, 9.17) is 4.74 Å². The van der Waals surface area contributed by atoms with Gasteiger partial charge in [-0.3, -0.25) is 4.79 Å². The van der Waals surface area contributed by atoms with Crippen LogP contribution >= 0.6 is 0 Å². The SMILES string of the molecule is CCOC(=O)C(CC)c1ccc(CC)cc1. The van der Waals surface area contributed by atoms with Crippen molar-refractivity contribution >= 4 is 5.97 Å². The molecule has 0 radical (unpaired) electrons. The molecule has 0 amide bonds. The molecule has 1 atom stereocenters. The first kappa shape index (κ1) is 12.8. The Labute approximate surface area is 97.6 Å². The summed E-state index contributed by atoms with van der Waals surface area (Å²) in [6, 6.07) is 8.22. The summed E-state index contributed by atoms with van der Waals surface area (Å²) >= 11 is 0. The third kappa shape index (κ3) is 3.09. The van der Waals surface area contributed by atoms with E-state index in [1.54, 1.807) is 0 Å². The molecule has 16 heavy (non-hydrogen) atoms. The summed E-state index contributed by atoms with van der Waals surface area (Å²) in [5.41, 5.74) is 2.35. The molecule has 0 N–H and O–H groups in total. The standard InChI is InChI=1S/C14H20O2/c1-4-11-7-9-12(10-8-11)13(5-2)14(15)16-6-3/h7-10,13H,4-6H2,1-3H3. The van der Waals surface area contributed by atoms with Crippen molar-refractivity contribution in [1.82, 2.24) is 0 Å². The van der Waals surface area contributed by atoms with Crippen molar-refractivity contribution in [3.63, 3.8) is 0 Å². The first-order valence-electron chi connectivity index (χ1n) is 5.98. The first-order chi connectivity index (χ1) is 7.72. The van der Waals surface area contributed by atoms with Gasteiger partial charge in [0.25, 0.3) is 0 Å². The van der Waals surface area contributed by atoms with E-state index < -0.39 is 0 Å². The second-order valence-corrected chi connectivity index (χ2v) is 3.81. The van der Waals surface area contributed by atoms with Crippen LogP contribution in [0, 0.1) is 0 Å². The normalized spacial score (nSPS) is 12.2. The highest BCUT2D eigenvalue weighted by molar-refractivity contribution is 5.78. The molecule has 0 aliphatic rings. The van der Waals surface area contributed by atoms with Crippen LogP contribution in [0.15, 0.2) is 24.3 Å². The van der Waals surface area contributed by atoms with Gasteiger partial charge < -0.3 is 4.74 Å². The van der Waals surface area contributed by atoms with Crippen LogP contribution in [-0.2, 0) is 16.0 Å².